The van der Waals surface area contributed by atoms with Crippen molar-refractivity contribution in [2.75, 3.05) is 0 Å². The summed E-state index contributed by atoms with van der Waals surface area (Å²) < 4.78 is 4.11. The Hall–Kier alpha value is -3.59. The van der Waals surface area contributed by atoms with Crippen molar-refractivity contribution >= 4 is 27.8 Å². The molecule has 1 N–H and O–H groups in total. The third-order valence-corrected chi connectivity index (χ3v) is 4.79. The molecule has 134 valence electrons. The maximum atomic E-state index is 10.9. The van der Waals surface area contributed by atoms with Crippen LogP contribution in [0.2, 0.25) is 0 Å². The van der Waals surface area contributed by atoms with Gasteiger partial charge in [0.05, 0.1) is 18.8 Å². The number of carboxylic acid groups (broad SMARTS) is 1. The summed E-state index contributed by atoms with van der Waals surface area (Å²) in [6, 6.07) is 14.5. The Bertz CT molecular complexity index is 1170. The summed E-state index contributed by atoms with van der Waals surface area (Å²) in [5, 5.41) is 20.2. The molecule has 6 heteroatoms. The summed E-state index contributed by atoms with van der Waals surface area (Å²) in [6.07, 6.45) is 6.43. The number of nitrogens with zero attached hydrogens (tertiary/aromatic N) is 4. The van der Waals surface area contributed by atoms with E-state index in [0.717, 1.165) is 33.1 Å². The average molecular weight is 358 g/mol. The molecule has 27 heavy (non-hydrogen) atoms. The average Bonchev–Trinajstić information content (AvgIpc) is 3.31. The molecule has 0 spiro atoms. The highest BCUT2D eigenvalue weighted by molar-refractivity contribution is 6.08. The fourth-order valence-electron chi connectivity index (χ4n) is 3.52. The molecule has 0 aliphatic carbocycles. The lowest BCUT2D eigenvalue weighted by atomic mass is 10.1. The number of carboxylic acids is 1. The first-order valence-electron chi connectivity index (χ1n) is 8.79. The molecule has 4 aromatic rings. The van der Waals surface area contributed by atoms with Crippen LogP contribution in [0, 0.1) is 11.3 Å². The molecule has 2 aromatic heterocycles. The number of hydrogen-bond donors (Lipinski definition) is 1. The molecule has 6 nitrogen and oxygen atoms in total. The number of aliphatic carboxylic acids is 1. The Morgan fingerprint density at radius 3 is 2.78 bits per heavy atom. The molecule has 0 saturated heterocycles. The normalized spacial score (nSPS) is 11.1. The number of rotatable bonds is 6. The van der Waals surface area contributed by atoms with E-state index in [-0.39, 0.29) is 6.42 Å². The van der Waals surface area contributed by atoms with Crippen molar-refractivity contribution in [2.45, 2.75) is 25.8 Å². The van der Waals surface area contributed by atoms with Crippen molar-refractivity contribution < 1.29 is 9.90 Å². The first kappa shape index (κ1) is 16.9. The van der Waals surface area contributed by atoms with Crippen LogP contribution in [0.25, 0.3) is 27.5 Å². The third kappa shape index (κ3) is 3.15. The Kier molecular flexibility index (Phi) is 4.35. The number of benzene rings is 2. The van der Waals surface area contributed by atoms with Crippen LogP contribution in [-0.2, 0) is 17.8 Å². The van der Waals surface area contributed by atoms with E-state index >= 15 is 0 Å². The monoisotopic (exact) mass is 358 g/mol. The predicted octanol–water partition coefficient (Wildman–Crippen LogP) is 3.91. The molecular weight excluding hydrogens is 340 g/mol. The Morgan fingerprint density at radius 2 is 2.04 bits per heavy atom. The number of fused-ring (bicyclic) bond motifs is 3. The second kappa shape index (κ2) is 6.96. The molecule has 0 atom stereocenters. The summed E-state index contributed by atoms with van der Waals surface area (Å²) in [6.45, 7) is 0.601. The van der Waals surface area contributed by atoms with Gasteiger partial charge in [0.2, 0.25) is 0 Å². The van der Waals surface area contributed by atoms with Gasteiger partial charge in [0.1, 0.15) is 0 Å². The van der Waals surface area contributed by atoms with Crippen LogP contribution < -0.4 is 0 Å². The molecule has 2 heterocycles. The van der Waals surface area contributed by atoms with Gasteiger partial charge in [-0.15, -0.1) is 0 Å². The summed E-state index contributed by atoms with van der Waals surface area (Å²) in [5.41, 5.74) is 4.11. The maximum absolute atomic E-state index is 10.9. The number of aryl methyl sites for hydroxylation is 2. The number of nitriles is 1. The first-order chi connectivity index (χ1) is 13.2. The van der Waals surface area contributed by atoms with E-state index in [0.29, 0.717) is 19.4 Å². The molecule has 0 aliphatic rings. The predicted molar refractivity (Wildman–Crippen MR) is 103 cm³/mol. The lowest BCUT2D eigenvalue weighted by Crippen LogP contribution is -1.99. The number of carbonyl (C=O) groups is 1. The van der Waals surface area contributed by atoms with Crippen LogP contribution in [0.5, 0.6) is 0 Å². The molecule has 0 bridgehead atoms. The van der Waals surface area contributed by atoms with Gasteiger partial charge in [-0.1, -0.05) is 12.1 Å². The quantitative estimate of drug-likeness (QED) is 0.566. The molecule has 4 rings (SSSR count). The standard InChI is InChI=1S/C21H18N4O2/c22-8-1-10-25-19-6-4-16(24-11-9-23-14-24)13-18(19)17-5-2-15(12-20(17)25)3-7-21(26)27/h2,4-6,9,11-14H,1,3,7,10H2,(H,26,27). The SMILES string of the molecule is N#CCCn1c2ccc(-n3ccnc3)cc2c2ccc(CCC(=O)O)cc21. The Morgan fingerprint density at radius 1 is 1.15 bits per heavy atom. The molecule has 2 aromatic carbocycles. The summed E-state index contributed by atoms with van der Waals surface area (Å²) in [4.78, 5) is 15.0. The zero-order valence-electron chi connectivity index (χ0n) is 14.7. The van der Waals surface area contributed by atoms with Crippen molar-refractivity contribution in [1.29, 1.82) is 5.26 Å². The van der Waals surface area contributed by atoms with Crippen LogP contribution in [0.15, 0.2) is 55.1 Å². The largest absolute Gasteiger partial charge is 0.481 e. The number of hydrogen-bond acceptors (Lipinski definition) is 3. The minimum absolute atomic E-state index is 0.106. The molecule has 0 saturated carbocycles. The highest BCUT2D eigenvalue weighted by Crippen LogP contribution is 2.32. The van der Waals surface area contributed by atoms with Crippen LogP contribution in [0.4, 0.5) is 0 Å². The maximum Gasteiger partial charge on any atom is 0.303 e. The van der Waals surface area contributed by atoms with Crippen molar-refractivity contribution in [3.8, 4) is 11.8 Å². The van der Waals surface area contributed by atoms with E-state index < -0.39 is 5.97 Å². The van der Waals surface area contributed by atoms with Gasteiger partial charge in [-0.3, -0.25) is 4.79 Å². The second-order valence-corrected chi connectivity index (χ2v) is 6.48. The van der Waals surface area contributed by atoms with E-state index in [9.17, 15) is 4.79 Å². The smallest absolute Gasteiger partial charge is 0.303 e. The van der Waals surface area contributed by atoms with E-state index in [1.807, 2.05) is 29.0 Å². The van der Waals surface area contributed by atoms with E-state index in [1.54, 1.807) is 12.5 Å². The van der Waals surface area contributed by atoms with Gasteiger partial charge in [-0.25, -0.2) is 4.98 Å². The second-order valence-electron chi connectivity index (χ2n) is 6.48. The highest BCUT2D eigenvalue weighted by atomic mass is 16.4. The van der Waals surface area contributed by atoms with Gasteiger partial charge in [-0.05, 0) is 36.2 Å². The minimum Gasteiger partial charge on any atom is -0.481 e. The van der Waals surface area contributed by atoms with Crippen LogP contribution in [0.1, 0.15) is 18.4 Å². The fourth-order valence-corrected chi connectivity index (χ4v) is 3.52. The van der Waals surface area contributed by atoms with E-state index in [1.165, 1.54) is 0 Å². The minimum atomic E-state index is -0.801. The van der Waals surface area contributed by atoms with Gasteiger partial charge in [-0.2, -0.15) is 5.26 Å². The van der Waals surface area contributed by atoms with Gasteiger partial charge in [0.25, 0.3) is 0 Å². The van der Waals surface area contributed by atoms with Gasteiger partial charge in [0, 0.05) is 52.9 Å². The molecular formula is C21H18N4O2. The summed E-state index contributed by atoms with van der Waals surface area (Å²) in [5.74, 6) is -0.801. The first-order valence-corrected chi connectivity index (χ1v) is 8.79. The van der Waals surface area contributed by atoms with Crippen molar-refractivity contribution in [1.82, 2.24) is 14.1 Å². The van der Waals surface area contributed by atoms with Crippen molar-refractivity contribution in [2.24, 2.45) is 0 Å². The fraction of sp³-hybridized carbons (Fsp3) is 0.190. The van der Waals surface area contributed by atoms with Gasteiger partial charge < -0.3 is 14.2 Å². The Labute approximate surface area is 155 Å². The van der Waals surface area contributed by atoms with Crippen LogP contribution >= 0.6 is 0 Å². The Balaban J connectivity index is 1.89. The summed E-state index contributed by atoms with van der Waals surface area (Å²) >= 11 is 0. The lowest BCUT2D eigenvalue weighted by Gasteiger charge is -2.06. The van der Waals surface area contributed by atoms with E-state index in [2.05, 4.69) is 33.8 Å². The van der Waals surface area contributed by atoms with Crippen LogP contribution in [-0.4, -0.2) is 25.2 Å². The van der Waals surface area contributed by atoms with Gasteiger partial charge >= 0.3 is 5.97 Å². The molecule has 0 amide bonds. The van der Waals surface area contributed by atoms with Crippen molar-refractivity contribution in [3.05, 3.63) is 60.7 Å². The van der Waals surface area contributed by atoms with Crippen molar-refractivity contribution in [3.63, 3.8) is 0 Å². The van der Waals surface area contributed by atoms with Gasteiger partial charge in [0.15, 0.2) is 0 Å². The summed E-state index contributed by atoms with van der Waals surface area (Å²) in [7, 11) is 0. The molecule has 0 unspecified atom stereocenters. The van der Waals surface area contributed by atoms with Crippen LogP contribution in [0.3, 0.4) is 0 Å². The lowest BCUT2D eigenvalue weighted by molar-refractivity contribution is -0.136. The molecule has 0 fully saturated rings. The number of aromatic nitrogens is 3. The van der Waals surface area contributed by atoms with E-state index in [4.69, 9.17) is 10.4 Å². The zero-order valence-corrected chi connectivity index (χ0v) is 14.7. The zero-order chi connectivity index (χ0) is 18.8. The number of imidazole rings is 1. The molecule has 0 radical (unpaired) electrons. The molecule has 0 aliphatic heterocycles. The topological polar surface area (TPSA) is 83.8 Å². The highest BCUT2D eigenvalue weighted by Gasteiger charge is 2.13. The third-order valence-electron chi connectivity index (χ3n) is 4.79.